The van der Waals surface area contributed by atoms with Gasteiger partial charge in [0.25, 0.3) is 0 Å². The van der Waals surface area contributed by atoms with Crippen LogP contribution >= 0.6 is 0 Å². The molecule has 0 unspecified atom stereocenters. The maximum absolute atomic E-state index is 4.80. The van der Waals surface area contributed by atoms with Crippen LogP contribution in [-0.4, -0.2) is 43.4 Å². The Balaban J connectivity index is 0.00000225. The molecule has 0 spiro atoms. The Bertz CT molecular complexity index is 808. The number of benzene rings is 1. The molecule has 1 N–H and O–H groups in total. The molecule has 1 aromatic heterocycles. The standard InChI is InChI=1S/C23H28N4.H2/c1-6-19(17-22(9-1)27-14-4-11-24-12-5-15-27)16-20-7-3-13-26-23(20)21-8-2-10-25-18-21;/h1-2,6,8-10,16-18,24H,3-5,7,11-15H2;1H/b20-16+;. The first kappa shape index (κ1) is 17.9. The molecule has 4 nitrogen and oxygen atoms in total. The predicted octanol–water partition coefficient (Wildman–Crippen LogP) is 4.18. The smallest absolute Gasteiger partial charge is 0.0694 e. The fourth-order valence-corrected chi connectivity index (χ4v) is 3.90. The molecule has 0 radical (unpaired) electrons. The summed E-state index contributed by atoms with van der Waals surface area (Å²) < 4.78 is 0. The summed E-state index contributed by atoms with van der Waals surface area (Å²) in [6, 6.07) is 13.1. The second kappa shape index (κ2) is 8.96. The van der Waals surface area contributed by atoms with Gasteiger partial charge >= 0.3 is 0 Å². The van der Waals surface area contributed by atoms with E-state index < -0.39 is 0 Å². The van der Waals surface area contributed by atoms with Crippen LogP contribution in [0.2, 0.25) is 0 Å². The minimum absolute atomic E-state index is 0. The van der Waals surface area contributed by atoms with Gasteiger partial charge in [-0.15, -0.1) is 0 Å². The molecule has 0 aliphatic carbocycles. The summed E-state index contributed by atoms with van der Waals surface area (Å²) >= 11 is 0. The first-order valence-electron chi connectivity index (χ1n) is 10.1. The summed E-state index contributed by atoms with van der Waals surface area (Å²) in [6.07, 6.45) is 10.6. The number of aromatic nitrogens is 1. The predicted molar refractivity (Wildman–Crippen MR) is 116 cm³/mol. The third-order valence-electron chi connectivity index (χ3n) is 5.25. The van der Waals surface area contributed by atoms with Crippen LogP contribution in [0.5, 0.6) is 0 Å². The van der Waals surface area contributed by atoms with Crippen LogP contribution in [0.1, 0.15) is 38.2 Å². The highest BCUT2D eigenvalue weighted by Crippen LogP contribution is 2.24. The first-order valence-corrected chi connectivity index (χ1v) is 10.1. The monoisotopic (exact) mass is 362 g/mol. The van der Waals surface area contributed by atoms with Crippen molar-refractivity contribution in [3.63, 3.8) is 0 Å². The molecule has 1 saturated heterocycles. The van der Waals surface area contributed by atoms with Crippen molar-refractivity contribution in [1.82, 2.24) is 10.3 Å². The van der Waals surface area contributed by atoms with E-state index in [4.69, 9.17) is 4.99 Å². The summed E-state index contributed by atoms with van der Waals surface area (Å²) in [7, 11) is 0. The maximum Gasteiger partial charge on any atom is 0.0694 e. The zero-order valence-corrected chi connectivity index (χ0v) is 15.9. The van der Waals surface area contributed by atoms with Crippen molar-refractivity contribution in [3.05, 3.63) is 65.5 Å². The van der Waals surface area contributed by atoms with Gasteiger partial charge in [0.15, 0.2) is 0 Å². The number of anilines is 1. The van der Waals surface area contributed by atoms with Crippen LogP contribution in [0.15, 0.2) is 59.4 Å². The summed E-state index contributed by atoms with van der Waals surface area (Å²) in [5.74, 6) is 0. The summed E-state index contributed by atoms with van der Waals surface area (Å²) in [6.45, 7) is 5.38. The lowest BCUT2D eigenvalue weighted by atomic mass is 9.95. The van der Waals surface area contributed by atoms with E-state index in [-0.39, 0.29) is 1.43 Å². The largest absolute Gasteiger partial charge is 0.371 e. The van der Waals surface area contributed by atoms with Crippen molar-refractivity contribution in [2.45, 2.75) is 25.7 Å². The van der Waals surface area contributed by atoms with Gasteiger partial charge in [-0.05, 0) is 80.3 Å². The fourth-order valence-electron chi connectivity index (χ4n) is 3.90. The van der Waals surface area contributed by atoms with Gasteiger partial charge in [-0.2, -0.15) is 0 Å². The van der Waals surface area contributed by atoms with Gasteiger partial charge in [0, 0.05) is 44.7 Å². The lowest BCUT2D eigenvalue weighted by Gasteiger charge is -2.27. The van der Waals surface area contributed by atoms with Crippen molar-refractivity contribution in [3.8, 4) is 0 Å². The Morgan fingerprint density at radius 2 is 1.93 bits per heavy atom. The highest BCUT2D eigenvalue weighted by molar-refractivity contribution is 6.15. The maximum atomic E-state index is 4.80. The van der Waals surface area contributed by atoms with Gasteiger partial charge in [0.05, 0.1) is 5.71 Å². The van der Waals surface area contributed by atoms with Gasteiger partial charge in [-0.3, -0.25) is 9.98 Å². The first-order chi connectivity index (χ1) is 13.4. The highest BCUT2D eigenvalue weighted by atomic mass is 15.1. The van der Waals surface area contributed by atoms with Crippen molar-refractivity contribution in [2.75, 3.05) is 37.6 Å². The number of nitrogens with one attached hydrogen (secondary N) is 1. The lowest BCUT2D eigenvalue weighted by molar-refractivity contribution is 0.567. The SMILES string of the molecule is C(=C1/CCCN=C1c1cccnc1)/c1cccc(N2CCCNCCC2)c1.[HH]. The minimum atomic E-state index is 0. The Morgan fingerprint density at radius 1 is 1.04 bits per heavy atom. The molecule has 2 aliphatic heterocycles. The number of rotatable bonds is 3. The fraction of sp³-hybridized carbons (Fsp3) is 0.391. The molecule has 1 aromatic carbocycles. The summed E-state index contributed by atoms with van der Waals surface area (Å²) in [5, 5.41) is 3.49. The van der Waals surface area contributed by atoms with E-state index in [2.05, 4.69) is 51.6 Å². The molecule has 27 heavy (non-hydrogen) atoms. The molecule has 0 amide bonds. The summed E-state index contributed by atoms with van der Waals surface area (Å²) in [4.78, 5) is 11.6. The van der Waals surface area contributed by atoms with Crippen molar-refractivity contribution >= 4 is 17.5 Å². The van der Waals surface area contributed by atoms with E-state index >= 15 is 0 Å². The van der Waals surface area contributed by atoms with Crippen LogP contribution < -0.4 is 10.2 Å². The van der Waals surface area contributed by atoms with E-state index in [0.717, 1.165) is 56.8 Å². The van der Waals surface area contributed by atoms with E-state index in [0.29, 0.717) is 0 Å². The minimum Gasteiger partial charge on any atom is -0.371 e. The molecular formula is C23H30N4. The van der Waals surface area contributed by atoms with Crippen LogP contribution in [0.4, 0.5) is 5.69 Å². The van der Waals surface area contributed by atoms with Gasteiger partial charge in [-0.25, -0.2) is 0 Å². The van der Waals surface area contributed by atoms with Crippen molar-refractivity contribution in [2.24, 2.45) is 4.99 Å². The van der Waals surface area contributed by atoms with E-state index in [9.17, 15) is 0 Å². The average Bonchev–Trinajstić information content (AvgIpc) is 2.69. The zero-order chi connectivity index (χ0) is 18.3. The third-order valence-corrected chi connectivity index (χ3v) is 5.25. The Hall–Kier alpha value is -2.46. The second-order valence-corrected chi connectivity index (χ2v) is 7.28. The van der Waals surface area contributed by atoms with Crippen molar-refractivity contribution in [1.29, 1.82) is 0 Å². The Labute approximate surface area is 163 Å². The molecule has 2 aromatic rings. The molecule has 1 fully saturated rings. The van der Waals surface area contributed by atoms with Gasteiger partial charge in [0.2, 0.25) is 0 Å². The highest BCUT2D eigenvalue weighted by Gasteiger charge is 2.15. The number of hydrogen-bond donors (Lipinski definition) is 1. The van der Waals surface area contributed by atoms with Crippen molar-refractivity contribution < 1.29 is 1.43 Å². The van der Waals surface area contributed by atoms with Crippen LogP contribution in [0.25, 0.3) is 6.08 Å². The molecule has 142 valence electrons. The van der Waals surface area contributed by atoms with E-state index in [1.807, 2.05) is 18.5 Å². The molecule has 4 heteroatoms. The quantitative estimate of drug-likeness (QED) is 0.890. The molecular weight excluding hydrogens is 332 g/mol. The number of aliphatic imine (C=N–C) groups is 1. The lowest BCUT2D eigenvalue weighted by Crippen LogP contribution is -2.33. The third kappa shape index (κ3) is 4.64. The van der Waals surface area contributed by atoms with Gasteiger partial charge < -0.3 is 10.2 Å². The van der Waals surface area contributed by atoms with Crippen LogP contribution in [0.3, 0.4) is 0 Å². The normalized spacial score (nSPS) is 20.1. The molecule has 2 aliphatic rings. The average molecular weight is 363 g/mol. The number of allylic oxidation sites excluding steroid dienone is 1. The topological polar surface area (TPSA) is 40.5 Å². The number of pyridine rings is 1. The molecule has 0 atom stereocenters. The van der Waals surface area contributed by atoms with Gasteiger partial charge in [0.1, 0.15) is 0 Å². The Morgan fingerprint density at radius 3 is 2.74 bits per heavy atom. The molecule has 0 saturated carbocycles. The van der Waals surface area contributed by atoms with Gasteiger partial charge in [-0.1, -0.05) is 12.1 Å². The molecule has 4 rings (SSSR count). The Kier molecular flexibility index (Phi) is 5.95. The molecule has 3 heterocycles. The number of nitrogens with zero attached hydrogens (tertiary/aromatic N) is 3. The zero-order valence-electron chi connectivity index (χ0n) is 15.9. The van der Waals surface area contributed by atoms with Crippen LogP contribution in [0, 0.1) is 0 Å². The number of hydrogen-bond acceptors (Lipinski definition) is 4. The van der Waals surface area contributed by atoms with Crippen LogP contribution in [-0.2, 0) is 0 Å². The molecule has 0 bridgehead atoms. The summed E-state index contributed by atoms with van der Waals surface area (Å²) in [5.41, 5.74) is 6.15. The second-order valence-electron chi connectivity index (χ2n) is 7.28. The van der Waals surface area contributed by atoms with E-state index in [1.54, 1.807) is 0 Å². The van der Waals surface area contributed by atoms with E-state index in [1.165, 1.54) is 29.7 Å².